The summed E-state index contributed by atoms with van der Waals surface area (Å²) in [5.74, 6) is -0.0623. The van der Waals surface area contributed by atoms with Crippen LogP contribution in [0, 0.1) is 5.82 Å². The molecule has 1 saturated heterocycles. The summed E-state index contributed by atoms with van der Waals surface area (Å²) in [7, 11) is 2.04. The molecule has 1 unspecified atom stereocenters. The van der Waals surface area contributed by atoms with E-state index in [1.165, 1.54) is 6.07 Å². The molecule has 1 aromatic carbocycles. The van der Waals surface area contributed by atoms with Crippen molar-refractivity contribution in [3.63, 3.8) is 0 Å². The minimum Gasteiger partial charge on any atom is -0.488 e. The number of nitrogens with zero attached hydrogens (tertiary/aromatic N) is 1. The van der Waals surface area contributed by atoms with Crippen LogP contribution in [0.4, 0.5) is 4.39 Å². The van der Waals surface area contributed by atoms with Gasteiger partial charge < -0.3 is 20.1 Å². The fourth-order valence-corrected chi connectivity index (χ4v) is 2.13. The highest BCUT2D eigenvalue weighted by Gasteiger charge is 2.18. The summed E-state index contributed by atoms with van der Waals surface area (Å²) in [5.41, 5.74) is 6.33. The maximum Gasteiger partial charge on any atom is 0.165 e. The van der Waals surface area contributed by atoms with Gasteiger partial charge in [0.15, 0.2) is 11.6 Å². The third-order valence-corrected chi connectivity index (χ3v) is 3.20. The normalized spacial score (nSPS) is 20.5. The van der Waals surface area contributed by atoms with Crippen LogP contribution in [0.15, 0.2) is 18.2 Å². The Morgan fingerprint density at radius 3 is 3.05 bits per heavy atom. The molecule has 2 rings (SSSR count). The number of hydrogen-bond donors (Lipinski definition) is 1. The maximum absolute atomic E-state index is 13.8. The van der Waals surface area contributed by atoms with Crippen molar-refractivity contribution in [2.75, 3.05) is 39.9 Å². The van der Waals surface area contributed by atoms with E-state index in [1.54, 1.807) is 6.07 Å². The van der Waals surface area contributed by atoms with E-state index >= 15 is 0 Å². The molecule has 1 aliphatic heterocycles. The summed E-state index contributed by atoms with van der Waals surface area (Å²) in [5, 5.41) is 0. The molecule has 5 heteroatoms. The fraction of sp³-hybridized carbons (Fsp3) is 0.571. The quantitative estimate of drug-likeness (QED) is 0.866. The Morgan fingerprint density at radius 2 is 2.37 bits per heavy atom. The molecule has 19 heavy (non-hydrogen) atoms. The smallest absolute Gasteiger partial charge is 0.165 e. The second-order valence-corrected chi connectivity index (χ2v) is 4.87. The second kappa shape index (κ2) is 6.84. The van der Waals surface area contributed by atoms with E-state index < -0.39 is 0 Å². The topological polar surface area (TPSA) is 47.7 Å². The number of likely N-dealkylation sites (N-methyl/N-ethyl adjacent to an activating group) is 1. The predicted octanol–water partition coefficient (Wildman–Crippen LogP) is 1.04. The Bertz CT molecular complexity index is 414. The van der Waals surface area contributed by atoms with E-state index in [0.717, 1.165) is 18.7 Å². The molecule has 106 valence electrons. The molecule has 0 spiro atoms. The average Bonchev–Trinajstić information content (AvgIpc) is 2.38. The van der Waals surface area contributed by atoms with E-state index in [0.29, 0.717) is 26.2 Å². The van der Waals surface area contributed by atoms with Crippen LogP contribution in [0.1, 0.15) is 5.56 Å². The van der Waals surface area contributed by atoms with Gasteiger partial charge in [0, 0.05) is 13.1 Å². The summed E-state index contributed by atoms with van der Waals surface area (Å²) in [6, 6.07) is 4.99. The first kappa shape index (κ1) is 14.2. The van der Waals surface area contributed by atoms with Gasteiger partial charge in [-0.3, -0.25) is 0 Å². The Balaban J connectivity index is 1.88. The highest BCUT2D eigenvalue weighted by Crippen LogP contribution is 2.19. The van der Waals surface area contributed by atoms with Gasteiger partial charge in [-0.1, -0.05) is 6.07 Å². The third kappa shape index (κ3) is 4.16. The van der Waals surface area contributed by atoms with Gasteiger partial charge in [-0.25, -0.2) is 4.39 Å². The molecule has 4 nitrogen and oxygen atoms in total. The van der Waals surface area contributed by atoms with E-state index in [9.17, 15) is 4.39 Å². The molecule has 1 heterocycles. The zero-order chi connectivity index (χ0) is 13.7. The predicted molar refractivity (Wildman–Crippen MR) is 71.9 cm³/mol. The van der Waals surface area contributed by atoms with Crippen LogP contribution in [-0.2, 0) is 11.2 Å². The lowest BCUT2D eigenvalue weighted by Gasteiger charge is -2.29. The summed E-state index contributed by atoms with van der Waals surface area (Å²) < 4.78 is 24.9. The molecule has 0 radical (unpaired) electrons. The lowest BCUT2D eigenvalue weighted by molar-refractivity contribution is -0.0408. The molecule has 1 aliphatic rings. The van der Waals surface area contributed by atoms with Crippen molar-refractivity contribution in [2.45, 2.75) is 12.5 Å². The van der Waals surface area contributed by atoms with E-state index in [1.807, 2.05) is 13.1 Å². The van der Waals surface area contributed by atoms with Crippen LogP contribution in [-0.4, -0.2) is 50.9 Å². The highest BCUT2D eigenvalue weighted by molar-refractivity contribution is 5.29. The van der Waals surface area contributed by atoms with Crippen molar-refractivity contribution in [3.05, 3.63) is 29.6 Å². The minimum absolute atomic E-state index is 0.00173. The summed E-state index contributed by atoms with van der Waals surface area (Å²) in [6.45, 7) is 3.33. The molecule has 1 aromatic rings. The summed E-state index contributed by atoms with van der Waals surface area (Å²) in [6.07, 6.45) is 0.676. The van der Waals surface area contributed by atoms with E-state index in [4.69, 9.17) is 15.2 Å². The number of rotatable bonds is 5. The first-order chi connectivity index (χ1) is 9.19. The SMILES string of the molecule is CN1CCOC(COc2ccc(CCN)cc2F)C1. The van der Waals surface area contributed by atoms with Crippen molar-refractivity contribution in [3.8, 4) is 5.75 Å². The third-order valence-electron chi connectivity index (χ3n) is 3.20. The minimum atomic E-state index is -0.338. The molecule has 1 atom stereocenters. The first-order valence-corrected chi connectivity index (χ1v) is 6.60. The van der Waals surface area contributed by atoms with Gasteiger partial charge >= 0.3 is 0 Å². The number of benzene rings is 1. The van der Waals surface area contributed by atoms with E-state index in [2.05, 4.69) is 4.90 Å². The summed E-state index contributed by atoms with van der Waals surface area (Å²) in [4.78, 5) is 2.18. The number of halogens is 1. The van der Waals surface area contributed by atoms with Crippen LogP contribution in [0.3, 0.4) is 0 Å². The van der Waals surface area contributed by atoms with Gasteiger partial charge in [-0.15, -0.1) is 0 Å². The molecule has 0 aromatic heterocycles. The fourth-order valence-electron chi connectivity index (χ4n) is 2.13. The molecule has 1 fully saturated rings. The molecule has 0 bridgehead atoms. The number of nitrogens with two attached hydrogens (primary N) is 1. The van der Waals surface area contributed by atoms with Gasteiger partial charge in [-0.05, 0) is 37.7 Å². The van der Waals surface area contributed by atoms with Gasteiger partial charge in [0.05, 0.1) is 6.61 Å². The largest absolute Gasteiger partial charge is 0.488 e. The molecular weight excluding hydrogens is 247 g/mol. The first-order valence-electron chi connectivity index (χ1n) is 6.60. The molecule has 0 saturated carbocycles. The number of morpholine rings is 1. The zero-order valence-electron chi connectivity index (χ0n) is 11.3. The van der Waals surface area contributed by atoms with Crippen LogP contribution in [0.5, 0.6) is 5.75 Å². The van der Waals surface area contributed by atoms with Crippen molar-refractivity contribution in [2.24, 2.45) is 5.73 Å². The molecule has 0 amide bonds. The lowest BCUT2D eigenvalue weighted by Crippen LogP contribution is -2.42. The Kier molecular flexibility index (Phi) is 5.13. The van der Waals surface area contributed by atoms with Gasteiger partial charge in [0.25, 0.3) is 0 Å². The Morgan fingerprint density at radius 1 is 1.53 bits per heavy atom. The van der Waals surface area contributed by atoms with Crippen LogP contribution in [0.2, 0.25) is 0 Å². The van der Waals surface area contributed by atoms with Gasteiger partial charge in [-0.2, -0.15) is 0 Å². The highest BCUT2D eigenvalue weighted by atomic mass is 19.1. The maximum atomic E-state index is 13.8. The Labute approximate surface area is 113 Å². The van der Waals surface area contributed by atoms with Crippen LogP contribution >= 0.6 is 0 Å². The van der Waals surface area contributed by atoms with Crippen molar-refractivity contribution in [1.82, 2.24) is 4.90 Å². The summed E-state index contributed by atoms with van der Waals surface area (Å²) >= 11 is 0. The lowest BCUT2D eigenvalue weighted by atomic mass is 10.1. The van der Waals surface area contributed by atoms with Crippen LogP contribution in [0.25, 0.3) is 0 Å². The molecular formula is C14H21FN2O2. The second-order valence-electron chi connectivity index (χ2n) is 4.87. The van der Waals surface area contributed by atoms with Gasteiger partial charge in [0.2, 0.25) is 0 Å². The van der Waals surface area contributed by atoms with E-state index in [-0.39, 0.29) is 17.7 Å². The number of hydrogen-bond acceptors (Lipinski definition) is 4. The van der Waals surface area contributed by atoms with Crippen molar-refractivity contribution in [1.29, 1.82) is 0 Å². The number of ether oxygens (including phenoxy) is 2. The van der Waals surface area contributed by atoms with Crippen molar-refractivity contribution >= 4 is 0 Å². The Hall–Kier alpha value is -1.17. The average molecular weight is 268 g/mol. The van der Waals surface area contributed by atoms with Crippen LogP contribution < -0.4 is 10.5 Å². The van der Waals surface area contributed by atoms with Gasteiger partial charge in [0.1, 0.15) is 12.7 Å². The monoisotopic (exact) mass is 268 g/mol. The molecule has 0 aliphatic carbocycles. The molecule has 2 N–H and O–H groups in total. The standard InChI is InChI=1S/C14H21FN2O2/c1-17-6-7-18-12(9-17)10-19-14-3-2-11(4-5-16)8-13(14)15/h2-3,8,12H,4-7,9-10,16H2,1H3. The van der Waals surface area contributed by atoms with Crippen molar-refractivity contribution < 1.29 is 13.9 Å². The zero-order valence-corrected chi connectivity index (χ0v) is 11.3.